The van der Waals surface area contributed by atoms with Crippen LogP contribution in [0.15, 0.2) is 18.3 Å². The first-order chi connectivity index (χ1) is 15.0. The van der Waals surface area contributed by atoms with Crippen LogP contribution in [0, 0.1) is 18.7 Å². The highest BCUT2D eigenvalue weighted by Gasteiger charge is 2.17. The number of rotatable bonds is 8. The number of nitrogens with one attached hydrogen (secondary N) is 1. The first-order valence-corrected chi connectivity index (χ1v) is 11.7. The van der Waals surface area contributed by atoms with Crippen LogP contribution in [0.2, 0.25) is 0 Å². The quantitative estimate of drug-likeness (QED) is 0.488. The average molecular weight is 424 g/mol. The van der Waals surface area contributed by atoms with Crippen molar-refractivity contribution in [2.24, 2.45) is 5.92 Å². The molecule has 0 radical (unpaired) electrons. The van der Waals surface area contributed by atoms with Gasteiger partial charge in [0, 0.05) is 12.6 Å². The van der Waals surface area contributed by atoms with Crippen LogP contribution in [-0.2, 0) is 12.8 Å². The Hall–Kier alpha value is -2.34. The van der Waals surface area contributed by atoms with Crippen molar-refractivity contribution in [3.8, 4) is 11.4 Å². The van der Waals surface area contributed by atoms with Gasteiger partial charge in [-0.3, -0.25) is 0 Å². The van der Waals surface area contributed by atoms with Gasteiger partial charge >= 0.3 is 0 Å². The normalized spacial score (nSPS) is 15.7. The van der Waals surface area contributed by atoms with Crippen LogP contribution in [0.5, 0.6) is 0 Å². The molecule has 3 aromatic rings. The van der Waals surface area contributed by atoms with Crippen LogP contribution in [0.3, 0.4) is 0 Å². The van der Waals surface area contributed by atoms with Crippen molar-refractivity contribution in [3.63, 3.8) is 0 Å². The first-order valence-electron chi connectivity index (χ1n) is 11.7. The molecular weight excluding hydrogens is 389 g/mol. The van der Waals surface area contributed by atoms with Crippen molar-refractivity contribution in [1.29, 1.82) is 0 Å². The molecule has 3 heterocycles. The third kappa shape index (κ3) is 5.12. The fourth-order valence-electron chi connectivity index (χ4n) is 4.54. The predicted molar refractivity (Wildman–Crippen MR) is 124 cm³/mol. The van der Waals surface area contributed by atoms with E-state index in [1.807, 2.05) is 12.3 Å². The molecule has 0 atom stereocenters. The average Bonchev–Trinajstić information content (AvgIpc) is 3.20. The molecule has 0 bridgehead atoms. The van der Waals surface area contributed by atoms with Gasteiger partial charge in [-0.05, 0) is 70.3 Å². The highest BCUT2D eigenvalue weighted by atomic mass is 19.1. The Kier molecular flexibility index (Phi) is 6.96. The maximum absolute atomic E-state index is 14.5. The summed E-state index contributed by atoms with van der Waals surface area (Å²) in [5, 5.41) is 0. The molecule has 0 amide bonds. The molecule has 1 aliphatic rings. The summed E-state index contributed by atoms with van der Waals surface area (Å²) >= 11 is 0. The zero-order chi connectivity index (χ0) is 21.8. The van der Waals surface area contributed by atoms with Crippen LogP contribution < -0.4 is 0 Å². The summed E-state index contributed by atoms with van der Waals surface area (Å²) in [7, 11) is 2.22. The van der Waals surface area contributed by atoms with Crippen molar-refractivity contribution in [2.45, 2.75) is 65.2 Å². The molecule has 6 heteroatoms. The summed E-state index contributed by atoms with van der Waals surface area (Å²) in [5.41, 5.74) is 3.57. The molecule has 0 unspecified atom stereocenters. The van der Waals surface area contributed by atoms with E-state index in [2.05, 4.69) is 33.8 Å². The summed E-state index contributed by atoms with van der Waals surface area (Å²) in [6, 6.07) is 3.65. The molecule has 2 aromatic heterocycles. The fraction of sp³-hybridized carbons (Fsp3) is 0.560. The Morgan fingerprint density at radius 2 is 1.94 bits per heavy atom. The Morgan fingerprint density at radius 1 is 1.13 bits per heavy atom. The van der Waals surface area contributed by atoms with Crippen molar-refractivity contribution in [2.75, 3.05) is 20.1 Å². The Bertz CT molecular complexity index is 1020. The zero-order valence-electron chi connectivity index (χ0n) is 19.0. The van der Waals surface area contributed by atoms with E-state index in [1.165, 1.54) is 38.8 Å². The predicted octanol–water partition coefficient (Wildman–Crippen LogP) is 5.47. The van der Waals surface area contributed by atoms with Gasteiger partial charge < -0.3 is 9.88 Å². The van der Waals surface area contributed by atoms with Crippen molar-refractivity contribution >= 4 is 11.0 Å². The summed E-state index contributed by atoms with van der Waals surface area (Å²) < 4.78 is 14.5. The number of hydrogen-bond donors (Lipinski definition) is 1. The first kappa shape index (κ1) is 21.9. The summed E-state index contributed by atoms with van der Waals surface area (Å²) in [5.74, 6) is 2.18. The molecule has 1 aliphatic heterocycles. The molecule has 0 saturated carbocycles. The van der Waals surface area contributed by atoms with Gasteiger partial charge in [0.15, 0.2) is 5.82 Å². The number of benzene rings is 1. The molecule has 1 saturated heterocycles. The highest BCUT2D eigenvalue weighted by molar-refractivity contribution is 5.80. The third-order valence-corrected chi connectivity index (χ3v) is 6.55. The summed E-state index contributed by atoms with van der Waals surface area (Å²) in [4.78, 5) is 19.7. The number of H-pyrrole nitrogens is 1. The molecule has 1 N–H and O–H groups in total. The van der Waals surface area contributed by atoms with Gasteiger partial charge in [-0.1, -0.05) is 32.3 Å². The van der Waals surface area contributed by atoms with Crippen LogP contribution in [0.25, 0.3) is 22.4 Å². The van der Waals surface area contributed by atoms with Crippen molar-refractivity contribution in [1.82, 2.24) is 24.8 Å². The molecule has 5 nitrogen and oxygen atoms in total. The maximum atomic E-state index is 14.5. The minimum Gasteiger partial charge on any atom is -0.338 e. The summed E-state index contributed by atoms with van der Waals surface area (Å²) in [6.07, 6.45) is 11.0. The van der Waals surface area contributed by atoms with Gasteiger partial charge in [0.2, 0.25) is 0 Å². The van der Waals surface area contributed by atoms with E-state index in [0.29, 0.717) is 22.4 Å². The van der Waals surface area contributed by atoms with Gasteiger partial charge in [0.05, 0.1) is 16.8 Å². The Labute approximate surface area is 184 Å². The minimum absolute atomic E-state index is 0.265. The second kappa shape index (κ2) is 9.86. The topological polar surface area (TPSA) is 57.7 Å². The summed E-state index contributed by atoms with van der Waals surface area (Å²) in [6.45, 7) is 6.38. The van der Waals surface area contributed by atoms with Gasteiger partial charge in [-0.25, -0.2) is 19.3 Å². The number of aromatic amines is 1. The molecule has 0 aliphatic carbocycles. The number of aryl methyl sites for hydroxylation is 3. The van der Waals surface area contributed by atoms with Crippen LogP contribution in [-0.4, -0.2) is 45.0 Å². The number of nitrogens with zero attached hydrogens (tertiary/aromatic N) is 4. The minimum atomic E-state index is -0.265. The Balaban J connectivity index is 1.44. The third-order valence-electron chi connectivity index (χ3n) is 6.55. The zero-order valence-corrected chi connectivity index (χ0v) is 19.0. The molecule has 166 valence electrons. The van der Waals surface area contributed by atoms with E-state index in [9.17, 15) is 4.39 Å². The van der Waals surface area contributed by atoms with Gasteiger partial charge in [-0.15, -0.1) is 0 Å². The Morgan fingerprint density at radius 3 is 2.71 bits per heavy atom. The SMILES string of the molecule is CCCc1nc(CCCCC2CCN(C)CC2)ncc1-c1nc2c(F)c(C)ccc2[nH]1. The number of imidazole rings is 1. The lowest BCUT2D eigenvalue weighted by molar-refractivity contribution is 0.209. The van der Waals surface area contributed by atoms with E-state index in [-0.39, 0.29) is 5.82 Å². The number of unbranched alkanes of at least 4 members (excludes halogenated alkanes) is 1. The maximum Gasteiger partial charge on any atom is 0.153 e. The van der Waals surface area contributed by atoms with Crippen molar-refractivity contribution < 1.29 is 4.39 Å². The monoisotopic (exact) mass is 423 g/mol. The standard InChI is InChI=1S/C25H34FN5/c1-4-7-20-19(25-29-21-11-10-17(2)23(26)24(21)30-25)16-27-22(28-20)9-6-5-8-18-12-14-31(3)15-13-18/h10-11,16,18H,4-9,12-15H2,1-3H3,(H,29,30). The highest BCUT2D eigenvalue weighted by Crippen LogP contribution is 2.26. The van der Waals surface area contributed by atoms with E-state index < -0.39 is 0 Å². The second-order valence-electron chi connectivity index (χ2n) is 9.07. The van der Waals surface area contributed by atoms with Crippen LogP contribution in [0.4, 0.5) is 4.39 Å². The molecule has 1 fully saturated rings. The molecule has 1 aromatic carbocycles. The number of halogens is 1. The van der Waals surface area contributed by atoms with Gasteiger partial charge in [0.25, 0.3) is 0 Å². The largest absolute Gasteiger partial charge is 0.338 e. The van der Waals surface area contributed by atoms with Crippen LogP contribution >= 0.6 is 0 Å². The number of hydrogen-bond acceptors (Lipinski definition) is 4. The molecule has 4 rings (SSSR count). The van der Waals surface area contributed by atoms with Gasteiger partial charge in [0.1, 0.15) is 17.2 Å². The smallest absolute Gasteiger partial charge is 0.153 e. The van der Waals surface area contributed by atoms with E-state index in [0.717, 1.165) is 48.7 Å². The number of piperidine rings is 1. The second-order valence-corrected chi connectivity index (χ2v) is 9.07. The molecular formula is C25H34FN5. The molecule has 0 spiro atoms. The van der Waals surface area contributed by atoms with Crippen LogP contribution in [0.1, 0.15) is 62.5 Å². The van der Waals surface area contributed by atoms with E-state index in [1.54, 1.807) is 13.0 Å². The van der Waals surface area contributed by atoms with Gasteiger partial charge in [-0.2, -0.15) is 0 Å². The lowest BCUT2D eigenvalue weighted by atomic mass is 9.91. The number of likely N-dealkylation sites (tertiary alicyclic amines) is 1. The van der Waals surface area contributed by atoms with Crippen molar-refractivity contribution in [3.05, 3.63) is 41.2 Å². The fourth-order valence-corrected chi connectivity index (χ4v) is 4.54. The lowest BCUT2D eigenvalue weighted by Gasteiger charge is -2.28. The van der Waals surface area contributed by atoms with E-state index in [4.69, 9.17) is 4.98 Å². The van der Waals surface area contributed by atoms with E-state index >= 15 is 0 Å². The molecule has 31 heavy (non-hydrogen) atoms. The number of aromatic nitrogens is 4. The lowest BCUT2D eigenvalue weighted by Crippen LogP contribution is -2.30. The number of fused-ring (bicyclic) bond motifs is 1.